The van der Waals surface area contributed by atoms with E-state index in [2.05, 4.69) is 28.2 Å². The third-order valence-electron chi connectivity index (χ3n) is 3.37. The summed E-state index contributed by atoms with van der Waals surface area (Å²) in [4.78, 5) is 12.0. The predicted molar refractivity (Wildman–Crippen MR) is 98.5 cm³/mol. The van der Waals surface area contributed by atoms with Crippen LogP contribution >= 0.6 is 27.5 Å². The van der Waals surface area contributed by atoms with Crippen molar-refractivity contribution < 1.29 is 9.53 Å². The minimum Gasteiger partial charge on any atom is -0.483 e. The average Bonchev–Trinajstić information content (AvgIpc) is 2.50. The number of benzene rings is 2. The summed E-state index contributed by atoms with van der Waals surface area (Å²) in [6, 6.07) is 11.3. The topological polar surface area (TPSA) is 38.3 Å². The maximum atomic E-state index is 12.0. The van der Waals surface area contributed by atoms with Crippen LogP contribution in [0.5, 0.6) is 5.75 Å². The number of carbonyl (C=O) groups is 1. The Morgan fingerprint density at radius 1 is 1.26 bits per heavy atom. The van der Waals surface area contributed by atoms with Gasteiger partial charge in [-0.05, 0) is 64.7 Å². The number of nitrogens with one attached hydrogen (secondary N) is 1. The summed E-state index contributed by atoms with van der Waals surface area (Å²) >= 11 is 9.43. The van der Waals surface area contributed by atoms with Crippen molar-refractivity contribution in [3.8, 4) is 5.75 Å². The lowest BCUT2D eigenvalue weighted by molar-refractivity contribution is -0.118. The molecule has 0 spiro atoms. The molecule has 1 N–H and O–H groups in total. The fourth-order valence-corrected chi connectivity index (χ4v) is 2.88. The van der Waals surface area contributed by atoms with E-state index in [4.69, 9.17) is 16.3 Å². The highest BCUT2D eigenvalue weighted by Crippen LogP contribution is 2.26. The molecule has 23 heavy (non-hydrogen) atoms. The van der Waals surface area contributed by atoms with Crippen molar-refractivity contribution in [2.24, 2.45) is 0 Å². The Bertz CT molecular complexity index is 703. The van der Waals surface area contributed by atoms with E-state index in [-0.39, 0.29) is 12.5 Å². The summed E-state index contributed by atoms with van der Waals surface area (Å²) in [7, 11) is 0. The summed E-state index contributed by atoms with van der Waals surface area (Å²) in [5.74, 6) is 0.433. The molecule has 0 unspecified atom stereocenters. The van der Waals surface area contributed by atoms with Crippen molar-refractivity contribution in [2.45, 2.75) is 26.7 Å². The molecule has 0 bridgehead atoms. The number of hydrogen-bond acceptors (Lipinski definition) is 2. The van der Waals surface area contributed by atoms with Gasteiger partial charge in [-0.2, -0.15) is 0 Å². The van der Waals surface area contributed by atoms with Crippen LogP contribution in [0, 0.1) is 6.92 Å². The van der Waals surface area contributed by atoms with E-state index in [9.17, 15) is 4.79 Å². The van der Waals surface area contributed by atoms with Gasteiger partial charge in [-0.15, -0.1) is 0 Å². The lowest BCUT2D eigenvalue weighted by atomic mass is 10.1. The highest BCUT2D eigenvalue weighted by atomic mass is 79.9. The molecule has 1 amide bonds. The van der Waals surface area contributed by atoms with Crippen LogP contribution in [0.4, 0.5) is 5.69 Å². The standard InChI is InChI=1S/C18H19BrClNO2/c1-3-4-13-6-8-17(15(19)9-13)23-11-18(22)21-16-10-14(20)7-5-12(16)2/h5-10H,3-4,11H2,1-2H3,(H,21,22). The van der Waals surface area contributed by atoms with Crippen LogP contribution in [-0.4, -0.2) is 12.5 Å². The van der Waals surface area contributed by atoms with E-state index in [1.54, 1.807) is 12.1 Å². The third kappa shape index (κ3) is 5.26. The highest BCUT2D eigenvalue weighted by Gasteiger charge is 2.08. The van der Waals surface area contributed by atoms with Crippen LogP contribution in [0.15, 0.2) is 40.9 Å². The van der Waals surface area contributed by atoms with Gasteiger partial charge in [-0.1, -0.05) is 37.1 Å². The molecule has 0 aliphatic heterocycles. The zero-order valence-electron chi connectivity index (χ0n) is 13.2. The molecule has 0 heterocycles. The third-order valence-corrected chi connectivity index (χ3v) is 4.22. The van der Waals surface area contributed by atoms with E-state index >= 15 is 0 Å². The molecule has 5 heteroatoms. The molecule has 3 nitrogen and oxygen atoms in total. The Kier molecular flexibility index (Phi) is 6.48. The van der Waals surface area contributed by atoms with Crippen molar-refractivity contribution in [3.05, 3.63) is 57.0 Å². The van der Waals surface area contributed by atoms with Crippen molar-refractivity contribution in [2.75, 3.05) is 11.9 Å². The molecule has 0 aliphatic carbocycles. The second-order valence-electron chi connectivity index (χ2n) is 5.31. The van der Waals surface area contributed by atoms with Crippen LogP contribution in [0.2, 0.25) is 5.02 Å². The molecule has 2 rings (SSSR count). The molecule has 0 aromatic heterocycles. The molecule has 0 radical (unpaired) electrons. The van der Waals surface area contributed by atoms with Crippen LogP contribution in [0.1, 0.15) is 24.5 Å². The predicted octanol–water partition coefficient (Wildman–Crippen LogP) is 5.38. The fraction of sp³-hybridized carbons (Fsp3) is 0.278. The summed E-state index contributed by atoms with van der Waals surface area (Å²) in [6.45, 7) is 3.99. The first-order chi connectivity index (χ1) is 11.0. The van der Waals surface area contributed by atoms with Gasteiger partial charge < -0.3 is 10.1 Å². The number of ether oxygens (including phenoxy) is 1. The van der Waals surface area contributed by atoms with Crippen molar-refractivity contribution in [3.63, 3.8) is 0 Å². The van der Waals surface area contributed by atoms with Crippen LogP contribution < -0.4 is 10.1 Å². The average molecular weight is 397 g/mol. The number of hydrogen-bond donors (Lipinski definition) is 1. The zero-order chi connectivity index (χ0) is 16.8. The van der Waals surface area contributed by atoms with Crippen LogP contribution in [0.3, 0.4) is 0 Å². The van der Waals surface area contributed by atoms with E-state index in [1.165, 1.54) is 5.56 Å². The monoisotopic (exact) mass is 395 g/mol. The Balaban J connectivity index is 1.95. The zero-order valence-corrected chi connectivity index (χ0v) is 15.5. The number of halogens is 2. The maximum absolute atomic E-state index is 12.0. The van der Waals surface area contributed by atoms with Crippen molar-refractivity contribution >= 4 is 39.1 Å². The maximum Gasteiger partial charge on any atom is 0.262 e. The molecule has 0 saturated heterocycles. The lowest BCUT2D eigenvalue weighted by Crippen LogP contribution is -2.20. The number of amides is 1. The number of aryl methyl sites for hydroxylation is 2. The van der Waals surface area contributed by atoms with E-state index < -0.39 is 0 Å². The van der Waals surface area contributed by atoms with Gasteiger partial charge in [0.2, 0.25) is 0 Å². The van der Waals surface area contributed by atoms with Gasteiger partial charge in [-0.3, -0.25) is 4.79 Å². The molecule has 0 fully saturated rings. The quantitative estimate of drug-likeness (QED) is 0.712. The minimum atomic E-state index is -0.222. The van der Waals surface area contributed by atoms with E-state index in [0.29, 0.717) is 16.5 Å². The fourth-order valence-electron chi connectivity index (χ4n) is 2.16. The van der Waals surface area contributed by atoms with Gasteiger partial charge >= 0.3 is 0 Å². The Morgan fingerprint density at radius 2 is 2.04 bits per heavy atom. The first kappa shape index (κ1) is 17.8. The molecular weight excluding hydrogens is 378 g/mol. The lowest BCUT2D eigenvalue weighted by Gasteiger charge is -2.11. The Hall–Kier alpha value is -1.52. The smallest absolute Gasteiger partial charge is 0.262 e. The molecule has 2 aromatic rings. The van der Waals surface area contributed by atoms with Gasteiger partial charge in [0.05, 0.1) is 4.47 Å². The number of carbonyl (C=O) groups excluding carboxylic acids is 1. The van der Waals surface area contributed by atoms with Crippen molar-refractivity contribution in [1.82, 2.24) is 0 Å². The van der Waals surface area contributed by atoms with Gasteiger partial charge in [0.25, 0.3) is 5.91 Å². The van der Waals surface area contributed by atoms with Crippen molar-refractivity contribution in [1.29, 1.82) is 0 Å². The summed E-state index contributed by atoms with van der Waals surface area (Å²) < 4.78 is 6.44. The summed E-state index contributed by atoms with van der Waals surface area (Å²) in [5, 5.41) is 3.39. The van der Waals surface area contributed by atoms with Gasteiger partial charge in [-0.25, -0.2) is 0 Å². The Labute approximate surface area is 150 Å². The number of anilines is 1. The normalized spacial score (nSPS) is 10.4. The van der Waals surface area contributed by atoms with Gasteiger partial charge in [0.1, 0.15) is 5.75 Å². The molecule has 122 valence electrons. The largest absolute Gasteiger partial charge is 0.483 e. The molecule has 0 saturated carbocycles. The van der Waals surface area contributed by atoms with Crippen LogP contribution in [-0.2, 0) is 11.2 Å². The van der Waals surface area contributed by atoms with Gasteiger partial charge in [0, 0.05) is 10.7 Å². The van der Waals surface area contributed by atoms with E-state index in [1.807, 2.05) is 31.2 Å². The second kappa shape index (κ2) is 8.37. The number of rotatable bonds is 6. The first-order valence-electron chi connectivity index (χ1n) is 7.47. The summed E-state index contributed by atoms with van der Waals surface area (Å²) in [6.07, 6.45) is 2.11. The minimum absolute atomic E-state index is 0.0579. The Morgan fingerprint density at radius 3 is 2.74 bits per heavy atom. The molecular formula is C18H19BrClNO2. The van der Waals surface area contributed by atoms with Crippen LogP contribution in [0.25, 0.3) is 0 Å². The first-order valence-corrected chi connectivity index (χ1v) is 8.64. The SMILES string of the molecule is CCCc1ccc(OCC(=O)Nc2cc(Cl)ccc2C)c(Br)c1. The molecule has 2 aromatic carbocycles. The van der Waals surface area contributed by atoms with Gasteiger partial charge in [0.15, 0.2) is 6.61 Å². The highest BCUT2D eigenvalue weighted by molar-refractivity contribution is 9.10. The second-order valence-corrected chi connectivity index (χ2v) is 6.60. The summed E-state index contributed by atoms with van der Waals surface area (Å²) in [5.41, 5.74) is 2.89. The molecule has 0 atom stereocenters. The molecule has 0 aliphatic rings. The van der Waals surface area contributed by atoms with E-state index in [0.717, 1.165) is 22.9 Å².